The molecule has 10 heteroatoms. The van der Waals surface area contributed by atoms with Gasteiger partial charge in [0, 0.05) is 11.3 Å². The second kappa shape index (κ2) is 7.77. The number of nitrogens with zero attached hydrogens (tertiary/aromatic N) is 6. The number of amides is 1. The van der Waals surface area contributed by atoms with Crippen LogP contribution in [-0.4, -0.2) is 35.4 Å². The summed E-state index contributed by atoms with van der Waals surface area (Å²) in [5.41, 5.74) is 2.45. The van der Waals surface area contributed by atoms with E-state index in [1.807, 2.05) is 38.1 Å². The van der Waals surface area contributed by atoms with Crippen molar-refractivity contribution in [3.63, 3.8) is 0 Å². The standard InChI is InChI=1S/C17H19N7O3/c1-3-14(13-6-4-12(2)5-7-13)19-16(25)15-8-9-22(20-15)11-23-10-18-17(21-23)24(26)27/h4-10,14H,3,11H2,1-2H3,(H,19,25). The van der Waals surface area contributed by atoms with Crippen LogP contribution in [0, 0.1) is 17.0 Å². The quantitative estimate of drug-likeness (QED) is 0.503. The van der Waals surface area contributed by atoms with Gasteiger partial charge in [-0.15, -0.1) is 0 Å². The van der Waals surface area contributed by atoms with Crippen molar-refractivity contribution in [3.8, 4) is 0 Å². The Hall–Kier alpha value is -3.56. The number of carbonyl (C=O) groups excluding carboxylic acids is 1. The predicted molar refractivity (Wildman–Crippen MR) is 96.0 cm³/mol. The highest BCUT2D eigenvalue weighted by molar-refractivity contribution is 5.92. The van der Waals surface area contributed by atoms with Gasteiger partial charge in [0.1, 0.15) is 5.69 Å². The Balaban J connectivity index is 1.66. The second-order valence-electron chi connectivity index (χ2n) is 6.07. The highest BCUT2D eigenvalue weighted by atomic mass is 16.6. The normalized spacial score (nSPS) is 11.9. The van der Waals surface area contributed by atoms with Gasteiger partial charge in [-0.05, 0) is 29.9 Å². The molecule has 0 spiro atoms. The summed E-state index contributed by atoms with van der Waals surface area (Å²) in [5.74, 6) is -0.769. The summed E-state index contributed by atoms with van der Waals surface area (Å²) < 4.78 is 2.73. The van der Waals surface area contributed by atoms with E-state index in [0.717, 1.165) is 17.5 Å². The molecule has 1 amide bonds. The molecule has 0 bridgehead atoms. The fraction of sp³-hybridized carbons (Fsp3) is 0.294. The van der Waals surface area contributed by atoms with Crippen LogP contribution >= 0.6 is 0 Å². The van der Waals surface area contributed by atoms with E-state index in [1.54, 1.807) is 12.3 Å². The van der Waals surface area contributed by atoms with Crippen molar-refractivity contribution < 1.29 is 9.72 Å². The maximum Gasteiger partial charge on any atom is 0.491 e. The highest BCUT2D eigenvalue weighted by Crippen LogP contribution is 2.17. The Morgan fingerprint density at radius 2 is 1.96 bits per heavy atom. The molecule has 2 heterocycles. The molecule has 1 aromatic carbocycles. The molecule has 2 aromatic heterocycles. The molecule has 0 saturated carbocycles. The fourth-order valence-corrected chi connectivity index (χ4v) is 2.60. The minimum Gasteiger partial charge on any atom is -0.390 e. The molecule has 0 fully saturated rings. The lowest BCUT2D eigenvalue weighted by atomic mass is 10.0. The summed E-state index contributed by atoms with van der Waals surface area (Å²) in [6, 6.07) is 9.50. The summed E-state index contributed by atoms with van der Waals surface area (Å²) >= 11 is 0. The zero-order valence-corrected chi connectivity index (χ0v) is 14.9. The Bertz CT molecular complexity index is 946. The number of rotatable bonds is 7. The molecule has 10 nitrogen and oxygen atoms in total. The van der Waals surface area contributed by atoms with Crippen LogP contribution in [0.2, 0.25) is 0 Å². The molecule has 1 N–H and O–H groups in total. The van der Waals surface area contributed by atoms with Gasteiger partial charge in [-0.25, -0.2) is 4.68 Å². The lowest BCUT2D eigenvalue weighted by Gasteiger charge is -2.17. The van der Waals surface area contributed by atoms with Crippen LogP contribution in [-0.2, 0) is 6.67 Å². The molecule has 0 aliphatic carbocycles. The zero-order valence-electron chi connectivity index (χ0n) is 14.9. The van der Waals surface area contributed by atoms with E-state index in [0.29, 0.717) is 0 Å². The number of hydrogen-bond acceptors (Lipinski definition) is 6. The summed E-state index contributed by atoms with van der Waals surface area (Å²) in [5, 5.41) is 21.5. The van der Waals surface area contributed by atoms with Crippen LogP contribution in [0.4, 0.5) is 5.95 Å². The molecular weight excluding hydrogens is 350 g/mol. The van der Waals surface area contributed by atoms with Gasteiger partial charge in [0.25, 0.3) is 5.91 Å². The molecule has 1 atom stereocenters. The van der Waals surface area contributed by atoms with E-state index in [-0.39, 0.29) is 24.3 Å². The van der Waals surface area contributed by atoms with E-state index in [1.165, 1.54) is 15.7 Å². The van der Waals surface area contributed by atoms with Crippen molar-refractivity contribution in [1.82, 2.24) is 29.9 Å². The maximum atomic E-state index is 12.5. The number of carbonyl (C=O) groups is 1. The molecule has 27 heavy (non-hydrogen) atoms. The van der Waals surface area contributed by atoms with Gasteiger partial charge in [-0.2, -0.15) is 9.78 Å². The van der Waals surface area contributed by atoms with Crippen LogP contribution in [0.25, 0.3) is 0 Å². The summed E-state index contributed by atoms with van der Waals surface area (Å²) in [6.45, 7) is 4.13. The van der Waals surface area contributed by atoms with Crippen LogP contribution in [0.3, 0.4) is 0 Å². The van der Waals surface area contributed by atoms with E-state index < -0.39 is 10.9 Å². The Labute approximate surface area is 155 Å². The van der Waals surface area contributed by atoms with Crippen molar-refractivity contribution in [2.45, 2.75) is 33.0 Å². The minimum atomic E-state index is -0.672. The zero-order chi connectivity index (χ0) is 19.4. The monoisotopic (exact) mass is 369 g/mol. The molecule has 0 aliphatic rings. The third-order valence-electron chi connectivity index (χ3n) is 4.04. The average Bonchev–Trinajstić information content (AvgIpc) is 3.30. The van der Waals surface area contributed by atoms with Gasteiger partial charge in [0.05, 0.1) is 6.04 Å². The lowest BCUT2D eigenvalue weighted by Crippen LogP contribution is -2.28. The molecule has 0 radical (unpaired) electrons. The number of hydrogen-bond donors (Lipinski definition) is 1. The molecule has 3 rings (SSSR count). The van der Waals surface area contributed by atoms with Crippen LogP contribution < -0.4 is 5.32 Å². The summed E-state index contributed by atoms with van der Waals surface area (Å²) in [6.07, 6.45) is 3.59. The number of aromatic nitrogens is 5. The van der Waals surface area contributed by atoms with Gasteiger partial charge >= 0.3 is 5.95 Å². The van der Waals surface area contributed by atoms with Crippen molar-refractivity contribution in [1.29, 1.82) is 0 Å². The van der Waals surface area contributed by atoms with E-state index in [2.05, 4.69) is 20.5 Å². The predicted octanol–water partition coefficient (Wildman–Crippen LogP) is 2.08. The van der Waals surface area contributed by atoms with Gasteiger partial charge in [0.2, 0.25) is 6.33 Å². The summed E-state index contributed by atoms with van der Waals surface area (Å²) in [4.78, 5) is 26.0. The Morgan fingerprint density at radius 1 is 1.22 bits per heavy atom. The average molecular weight is 369 g/mol. The second-order valence-corrected chi connectivity index (χ2v) is 6.07. The summed E-state index contributed by atoms with van der Waals surface area (Å²) in [7, 11) is 0. The van der Waals surface area contributed by atoms with E-state index >= 15 is 0 Å². The highest BCUT2D eigenvalue weighted by Gasteiger charge is 2.17. The van der Waals surface area contributed by atoms with Crippen molar-refractivity contribution in [3.05, 3.63) is 69.8 Å². The molecule has 140 valence electrons. The smallest absolute Gasteiger partial charge is 0.390 e. The Kier molecular flexibility index (Phi) is 5.25. The van der Waals surface area contributed by atoms with Gasteiger partial charge in [-0.3, -0.25) is 4.79 Å². The number of benzene rings is 1. The van der Waals surface area contributed by atoms with Crippen molar-refractivity contribution >= 4 is 11.9 Å². The van der Waals surface area contributed by atoms with Crippen LogP contribution in [0.15, 0.2) is 42.9 Å². The Morgan fingerprint density at radius 3 is 2.59 bits per heavy atom. The van der Waals surface area contributed by atoms with Crippen molar-refractivity contribution in [2.75, 3.05) is 0 Å². The third-order valence-corrected chi connectivity index (χ3v) is 4.04. The molecule has 3 aromatic rings. The molecular formula is C17H19N7O3. The first-order valence-electron chi connectivity index (χ1n) is 8.41. The largest absolute Gasteiger partial charge is 0.491 e. The maximum absolute atomic E-state index is 12.5. The molecule has 1 unspecified atom stereocenters. The first-order chi connectivity index (χ1) is 13.0. The fourth-order valence-electron chi connectivity index (χ4n) is 2.60. The van der Waals surface area contributed by atoms with Gasteiger partial charge < -0.3 is 15.4 Å². The van der Waals surface area contributed by atoms with Crippen LogP contribution in [0.5, 0.6) is 0 Å². The SMILES string of the molecule is CCC(NC(=O)c1ccn(Cn2cnc([N+](=O)[O-])n2)n1)c1ccc(C)cc1. The van der Waals surface area contributed by atoms with Gasteiger partial charge in [0.15, 0.2) is 6.67 Å². The number of aryl methyl sites for hydroxylation is 1. The van der Waals surface area contributed by atoms with E-state index in [4.69, 9.17) is 0 Å². The molecule has 0 saturated heterocycles. The molecule has 0 aliphatic heterocycles. The number of nitrogens with one attached hydrogen (secondary N) is 1. The van der Waals surface area contributed by atoms with Crippen molar-refractivity contribution in [2.24, 2.45) is 0 Å². The lowest BCUT2D eigenvalue weighted by molar-refractivity contribution is -0.394. The topological polar surface area (TPSA) is 121 Å². The minimum absolute atomic E-state index is 0.110. The number of nitro groups is 1. The van der Waals surface area contributed by atoms with Gasteiger partial charge in [-0.1, -0.05) is 41.7 Å². The first kappa shape index (κ1) is 18.2. The first-order valence-corrected chi connectivity index (χ1v) is 8.41. The van der Waals surface area contributed by atoms with Crippen LogP contribution in [0.1, 0.15) is 41.0 Å². The third kappa shape index (κ3) is 4.35. The van der Waals surface area contributed by atoms with E-state index in [9.17, 15) is 14.9 Å².